The molecule has 1 aromatic heterocycles. The Bertz CT molecular complexity index is 769. The maximum Gasteiger partial charge on any atom is 0.211 e. The first kappa shape index (κ1) is 14.3. The zero-order valence-electron chi connectivity index (χ0n) is 10.6. The molecule has 0 saturated heterocycles. The molecule has 0 spiro atoms. The maximum atomic E-state index is 12.5. The molecule has 1 aromatic carbocycles. The van der Waals surface area contributed by atoms with Crippen LogP contribution in [0.25, 0.3) is 0 Å². The van der Waals surface area contributed by atoms with Gasteiger partial charge in [-0.15, -0.1) is 0 Å². The summed E-state index contributed by atoms with van der Waals surface area (Å²) < 4.78 is 0.919. The Hall–Kier alpha value is -1.66. The van der Waals surface area contributed by atoms with E-state index in [1.807, 2.05) is 12.1 Å². The van der Waals surface area contributed by atoms with Crippen LogP contribution in [-0.2, 0) is 0 Å². The van der Waals surface area contributed by atoms with Crippen molar-refractivity contribution in [2.75, 3.05) is 0 Å². The number of carbonyl (C=O) groups excluding carboxylic acids is 2. The van der Waals surface area contributed by atoms with E-state index in [1.165, 1.54) is 6.20 Å². The number of halogens is 2. The number of Topliss-reactive ketones (excluding diaryl/α,β-unsaturated/α-hetero) is 2. The van der Waals surface area contributed by atoms with Gasteiger partial charge < -0.3 is 0 Å². The van der Waals surface area contributed by atoms with Crippen molar-refractivity contribution in [1.82, 2.24) is 4.98 Å². The number of ketones is 2. The molecular formula is C15H8Br2N2O2. The van der Waals surface area contributed by atoms with Crippen LogP contribution < -0.4 is 0 Å². The van der Waals surface area contributed by atoms with Gasteiger partial charge >= 0.3 is 0 Å². The van der Waals surface area contributed by atoms with Crippen molar-refractivity contribution in [2.45, 2.75) is 4.83 Å². The third kappa shape index (κ3) is 2.61. The molecular weight excluding hydrogens is 400 g/mol. The second kappa shape index (κ2) is 5.61. The van der Waals surface area contributed by atoms with Crippen molar-refractivity contribution in [1.29, 1.82) is 0 Å². The van der Waals surface area contributed by atoms with Gasteiger partial charge in [0.1, 0.15) is 16.2 Å². The third-order valence-electron chi connectivity index (χ3n) is 3.06. The zero-order valence-corrected chi connectivity index (χ0v) is 13.8. The summed E-state index contributed by atoms with van der Waals surface area (Å²) in [5, 5.41) is 0. The second-order valence-electron chi connectivity index (χ2n) is 4.43. The molecule has 0 bridgehead atoms. The molecule has 1 heterocycles. The minimum absolute atomic E-state index is 0.183. The average Bonchev–Trinajstić information content (AvgIpc) is 2.51. The summed E-state index contributed by atoms with van der Waals surface area (Å²) in [6.45, 7) is 0. The molecule has 2 aromatic rings. The molecule has 4 nitrogen and oxygen atoms in total. The normalized spacial score (nSPS) is 19.7. The molecule has 6 heteroatoms. The standard InChI is InChI=1S/C15H8Br2N2O2/c16-8-3-5-9(6-4-8)19-13-11(17)15(21)12-10(14(13)20)2-1-7-18-12/h1-7,11H. The topological polar surface area (TPSA) is 59.4 Å². The number of nitrogens with zero attached hydrogens (tertiary/aromatic N) is 2. The molecule has 1 unspecified atom stereocenters. The maximum absolute atomic E-state index is 12.5. The largest absolute Gasteiger partial charge is 0.291 e. The number of rotatable bonds is 1. The van der Waals surface area contributed by atoms with Gasteiger partial charge in [-0.25, -0.2) is 4.99 Å². The van der Waals surface area contributed by atoms with Crippen LogP contribution >= 0.6 is 31.9 Å². The van der Waals surface area contributed by atoms with E-state index in [2.05, 4.69) is 41.8 Å². The SMILES string of the molecule is O=C1C(=Nc2ccc(Br)cc2)C(Br)C(=O)c2ncccc21. The van der Waals surface area contributed by atoms with E-state index in [1.54, 1.807) is 24.3 Å². The Labute approximate surface area is 137 Å². The second-order valence-corrected chi connectivity index (χ2v) is 6.26. The third-order valence-corrected chi connectivity index (χ3v) is 4.44. The Morgan fingerprint density at radius 3 is 2.52 bits per heavy atom. The smallest absolute Gasteiger partial charge is 0.211 e. The fraction of sp³-hybridized carbons (Fsp3) is 0.0667. The molecule has 0 saturated carbocycles. The van der Waals surface area contributed by atoms with Crippen molar-refractivity contribution in [3.8, 4) is 0 Å². The van der Waals surface area contributed by atoms with Crippen molar-refractivity contribution < 1.29 is 9.59 Å². The van der Waals surface area contributed by atoms with Gasteiger partial charge in [-0.05, 0) is 36.4 Å². The lowest BCUT2D eigenvalue weighted by molar-refractivity contribution is 0.0966. The molecule has 0 aliphatic heterocycles. The van der Waals surface area contributed by atoms with Gasteiger partial charge in [0.05, 0.1) is 11.3 Å². The van der Waals surface area contributed by atoms with Gasteiger partial charge in [0.15, 0.2) is 0 Å². The summed E-state index contributed by atoms with van der Waals surface area (Å²) in [4.78, 5) is 32.3. The highest BCUT2D eigenvalue weighted by molar-refractivity contribution is 9.10. The van der Waals surface area contributed by atoms with Crippen LogP contribution in [0.4, 0.5) is 5.69 Å². The number of aliphatic imine (C=N–C) groups is 1. The van der Waals surface area contributed by atoms with E-state index < -0.39 is 4.83 Å². The van der Waals surface area contributed by atoms with Crippen LogP contribution in [0.1, 0.15) is 20.8 Å². The summed E-state index contributed by atoms with van der Waals surface area (Å²) in [7, 11) is 0. The number of carbonyl (C=O) groups is 2. The van der Waals surface area contributed by atoms with Crippen LogP contribution in [0.2, 0.25) is 0 Å². The Morgan fingerprint density at radius 2 is 1.81 bits per heavy atom. The molecule has 1 atom stereocenters. The summed E-state index contributed by atoms with van der Waals surface area (Å²) in [6.07, 6.45) is 1.50. The zero-order chi connectivity index (χ0) is 15.0. The molecule has 0 N–H and O–H groups in total. The monoisotopic (exact) mass is 406 g/mol. The lowest BCUT2D eigenvalue weighted by Crippen LogP contribution is -2.38. The minimum atomic E-state index is -0.768. The van der Waals surface area contributed by atoms with E-state index >= 15 is 0 Å². The fourth-order valence-electron chi connectivity index (χ4n) is 2.04. The van der Waals surface area contributed by atoms with Gasteiger partial charge in [0, 0.05) is 10.7 Å². The molecule has 0 radical (unpaired) electrons. The molecule has 1 aliphatic carbocycles. The number of hydrogen-bond donors (Lipinski definition) is 0. The van der Waals surface area contributed by atoms with Crippen molar-refractivity contribution >= 4 is 54.8 Å². The highest BCUT2D eigenvalue weighted by Crippen LogP contribution is 2.26. The first-order chi connectivity index (χ1) is 10.1. The molecule has 21 heavy (non-hydrogen) atoms. The molecule has 0 amide bonds. The predicted octanol–water partition coefficient (Wildman–Crippen LogP) is 3.76. The number of fused-ring (bicyclic) bond motifs is 1. The van der Waals surface area contributed by atoms with E-state index in [9.17, 15) is 9.59 Å². The fourth-order valence-corrected chi connectivity index (χ4v) is 2.84. The summed E-state index contributed by atoms with van der Waals surface area (Å²) in [5.74, 6) is -0.524. The van der Waals surface area contributed by atoms with Crippen LogP contribution in [0.15, 0.2) is 52.1 Å². The van der Waals surface area contributed by atoms with Crippen LogP contribution in [0.3, 0.4) is 0 Å². The average molecular weight is 408 g/mol. The summed E-state index contributed by atoms with van der Waals surface area (Å²) >= 11 is 6.59. The predicted molar refractivity (Wildman–Crippen MR) is 86.9 cm³/mol. The minimum Gasteiger partial charge on any atom is -0.291 e. The van der Waals surface area contributed by atoms with E-state index in [4.69, 9.17) is 0 Å². The Kier molecular flexibility index (Phi) is 3.82. The van der Waals surface area contributed by atoms with Crippen molar-refractivity contribution in [3.05, 3.63) is 58.3 Å². The number of benzene rings is 1. The van der Waals surface area contributed by atoms with Gasteiger partial charge in [0.2, 0.25) is 11.6 Å². The molecule has 3 rings (SSSR count). The highest BCUT2D eigenvalue weighted by atomic mass is 79.9. The first-order valence-corrected chi connectivity index (χ1v) is 7.81. The summed E-state index contributed by atoms with van der Waals surface area (Å²) in [5.41, 5.74) is 1.29. The van der Waals surface area contributed by atoms with E-state index in [0.29, 0.717) is 11.3 Å². The first-order valence-electron chi connectivity index (χ1n) is 6.10. The lowest BCUT2D eigenvalue weighted by Gasteiger charge is -2.19. The summed E-state index contributed by atoms with van der Waals surface area (Å²) in [6, 6.07) is 10.4. The van der Waals surface area contributed by atoms with E-state index in [-0.39, 0.29) is 23.0 Å². The van der Waals surface area contributed by atoms with Crippen LogP contribution in [0, 0.1) is 0 Å². The number of aromatic nitrogens is 1. The van der Waals surface area contributed by atoms with Gasteiger partial charge in [0.25, 0.3) is 0 Å². The highest BCUT2D eigenvalue weighted by Gasteiger charge is 2.37. The Morgan fingerprint density at radius 1 is 1.10 bits per heavy atom. The van der Waals surface area contributed by atoms with Crippen LogP contribution in [-0.4, -0.2) is 27.1 Å². The van der Waals surface area contributed by atoms with Gasteiger partial charge in [-0.1, -0.05) is 31.9 Å². The number of hydrogen-bond acceptors (Lipinski definition) is 4. The van der Waals surface area contributed by atoms with Crippen molar-refractivity contribution in [3.63, 3.8) is 0 Å². The molecule has 0 fully saturated rings. The molecule has 104 valence electrons. The van der Waals surface area contributed by atoms with Crippen molar-refractivity contribution in [2.24, 2.45) is 4.99 Å². The van der Waals surface area contributed by atoms with Gasteiger partial charge in [-0.2, -0.15) is 0 Å². The number of alkyl halides is 1. The quantitative estimate of drug-likeness (QED) is 0.676. The number of pyridine rings is 1. The van der Waals surface area contributed by atoms with Gasteiger partial charge in [-0.3, -0.25) is 14.6 Å². The van der Waals surface area contributed by atoms with Crippen LogP contribution in [0.5, 0.6) is 0 Å². The van der Waals surface area contributed by atoms with E-state index in [0.717, 1.165) is 4.47 Å². The molecule has 1 aliphatic rings. The Balaban J connectivity index is 2.10. The lowest BCUT2D eigenvalue weighted by atomic mass is 9.92.